The largest absolute Gasteiger partial charge is 0.313 e. The Labute approximate surface area is 128 Å². The van der Waals surface area contributed by atoms with Crippen molar-refractivity contribution in [1.82, 2.24) is 19.4 Å². The third-order valence-corrected chi connectivity index (χ3v) is 3.66. The highest BCUT2D eigenvalue weighted by molar-refractivity contribution is 5.84. The van der Waals surface area contributed by atoms with E-state index in [2.05, 4.69) is 15.0 Å². The average Bonchev–Trinajstić information content (AvgIpc) is 2.88. The molecule has 0 spiro atoms. The summed E-state index contributed by atoms with van der Waals surface area (Å²) in [7, 11) is 0. The number of H-pyrrole nitrogens is 1. The van der Waals surface area contributed by atoms with Gasteiger partial charge in [-0.2, -0.15) is 0 Å². The van der Waals surface area contributed by atoms with Gasteiger partial charge in [-0.25, -0.2) is 18.7 Å². The molecule has 5 nitrogen and oxygen atoms in total. The van der Waals surface area contributed by atoms with E-state index in [0.717, 1.165) is 0 Å². The van der Waals surface area contributed by atoms with Crippen molar-refractivity contribution in [3.05, 3.63) is 64.6 Å². The van der Waals surface area contributed by atoms with Gasteiger partial charge < -0.3 is 9.38 Å². The lowest BCUT2D eigenvalue weighted by Crippen LogP contribution is -2.08. The van der Waals surface area contributed by atoms with E-state index in [0.29, 0.717) is 16.8 Å². The second-order valence-electron chi connectivity index (χ2n) is 5.27. The molecule has 0 amide bonds. The van der Waals surface area contributed by atoms with Crippen molar-refractivity contribution in [2.45, 2.75) is 6.92 Å². The zero-order valence-corrected chi connectivity index (χ0v) is 12.0. The summed E-state index contributed by atoms with van der Waals surface area (Å²) in [6.07, 6.45) is 4.55. The zero-order valence-electron chi connectivity index (χ0n) is 12.0. The van der Waals surface area contributed by atoms with Crippen molar-refractivity contribution < 1.29 is 8.78 Å². The minimum Gasteiger partial charge on any atom is -0.313 e. The average molecular weight is 312 g/mol. The summed E-state index contributed by atoms with van der Waals surface area (Å²) < 4.78 is 30.0. The number of halogens is 2. The summed E-state index contributed by atoms with van der Waals surface area (Å²) in [6, 6.07) is 4.04. The maximum Gasteiger partial charge on any atom is 0.261 e. The molecule has 0 saturated carbocycles. The van der Waals surface area contributed by atoms with Crippen molar-refractivity contribution in [2.24, 2.45) is 0 Å². The number of hydrogen-bond donors (Lipinski definition) is 1. The van der Waals surface area contributed by atoms with Gasteiger partial charge in [-0.05, 0) is 30.7 Å². The summed E-state index contributed by atoms with van der Waals surface area (Å²) in [6.45, 7) is 1.76. The van der Waals surface area contributed by atoms with Gasteiger partial charge in [0.25, 0.3) is 5.56 Å². The number of aryl methyl sites for hydroxylation is 1. The standard InChI is InChI=1S/C16H10F2N4O/c1-8-5-22-6-10(3-12(18)15(22)21-8)9-2-11(17)14-13(4-9)19-7-20-16(14)23/h2-7H,1H3,(H,19,20,23). The molecule has 0 atom stereocenters. The van der Waals surface area contributed by atoms with Crippen LogP contribution in [0.5, 0.6) is 0 Å². The smallest absolute Gasteiger partial charge is 0.261 e. The molecular formula is C16H10F2N4O. The Balaban J connectivity index is 2.00. The lowest BCUT2D eigenvalue weighted by atomic mass is 10.1. The fourth-order valence-corrected chi connectivity index (χ4v) is 2.66. The number of pyridine rings is 1. The highest BCUT2D eigenvalue weighted by atomic mass is 19.1. The second-order valence-corrected chi connectivity index (χ2v) is 5.27. The molecule has 0 saturated heterocycles. The van der Waals surface area contributed by atoms with Crippen LogP contribution in [0.4, 0.5) is 8.78 Å². The lowest BCUT2D eigenvalue weighted by Gasteiger charge is -2.06. The molecule has 7 heteroatoms. The van der Waals surface area contributed by atoms with Gasteiger partial charge in [-0.3, -0.25) is 4.79 Å². The van der Waals surface area contributed by atoms with Crippen molar-refractivity contribution >= 4 is 16.6 Å². The van der Waals surface area contributed by atoms with Crippen LogP contribution in [0.25, 0.3) is 27.7 Å². The topological polar surface area (TPSA) is 63.0 Å². The monoisotopic (exact) mass is 312 g/mol. The lowest BCUT2D eigenvalue weighted by molar-refractivity contribution is 0.630. The molecule has 1 aromatic carbocycles. The minimum absolute atomic E-state index is 0.115. The van der Waals surface area contributed by atoms with Crippen LogP contribution in [0.15, 0.2) is 41.7 Å². The molecule has 4 rings (SSSR count). The maximum atomic E-state index is 14.2. The van der Waals surface area contributed by atoms with Crippen molar-refractivity contribution in [3.8, 4) is 11.1 Å². The van der Waals surface area contributed by atoms with Gasteiger partial charge in [-0.15, -0.1) is 0 Å². The van der Waals surface area contributed by atoms with Gasteiger partial charge in [0.2, 0.25) is 0 Å². The van der Waals surface area contributed by atoms with E-state index in [-0.39, 0.29) is 16.6 Å². The molecular weight excluding hydrogens is 302 g/mol. The van der Waals surface area contributed by atoms with Crippen LogP contribution in [-0.4, -0.2) is 19.4 Å². The van der Waals surface area contributed by atoms with E-state index < -0.39 is 17.2 Å². The van der Waals surface area contributed by atoms with Crippen LogP contribution in [0.2, 0.25) is 0 Å². The first-order valence-electron chi connectivity index (χ1n) is 6.85. The third kappa shape index (κ3) is 2.09. The summed E-state index contributed by atoms with van der Waals surface area (Å²) in [4.78, 5) is 22.1. The van der Waals surface area contributed by atoms with Gasteiger partial charge in [0.1, 0.15) is 11.2 Å². The van der Waals surface area contributed by atoms with E-state index in [1.54, 1.807) is 29.8 Å². The first-order valence-corrected chi connectivity index (χ1v) is 6.85. The Morgan fingerprint density at radius 3 is 2.70 bits per heavy atom. The van der Waals surface area contributed by atoms with Crippen LogP contribution in [0.1, 0.15) is 5.69 Å². The Morgan fingerprint density at radius 2 is 1.87 bits per heavy atom. The van der Waals surface area contributed by atoms with E-state index in [1.807, 2.05) is 0 Å². The summed E-state index contributed by atoms with van der Waals surface area (Å²) in [5, 5.41) is -0.115. The van der Waals surface area contributed by atoms with Gasteiger partial charge in [0.05, 0.1) is 17.5 Å². The number of fused-ring (bicyclic) bond motifs is 2. The third-order valence-electron chi connectivity index (χ3n) is 3.66. The minimum atomic E-state index is -0.700. The van der Waals surface area contributed by atoms with Crippen LogP contribution in [-0.2, 0) is 0 Å². The molecule has 0 aliphatic heterocycles. The second kappa shape index (κ2) is 4.70. The molecule has 3 aromatic heterocycles. The maximum absolute atomic E-state index is 14.2. The Hall–Kier alpha value is -3.09. The highest BCUT2D eigenvalue weighted by Gasteiger charge is 2.12. The zero-order chi connectivity index (χ0) is 16.1. The van der Waals surface area contributed by atoms with Gasteiger partial charge in [-0.1, -0.05) is 0 Å². The predicted octanol–water partition coefficient (Wildman–Crippen LogP) is 2.82. The molecule has 3 heterocycles. The van der Waals surface area contributed by atoms with Crippen LogP contribution in [0.3, 0.4) is 0 Å². The van der Waals surface area contributed by atoms with Crippen molar-refractivity contribution in [2.75, 3.05) is 0 Å². The fourth-order valence-electron chi connectivity index (χ4n) is 2.66. The van der Waals surface area contributed by atoms with E-state index in [4.69, 9.17) is 0 Å². The number of aromatic nitrogens is 4. The normalized spacial score (nSPS) is 11.4. The number of aromatic amines is 1. The molecule has 0 unspecified atom stereocenters. The molecule has 0 aliphatic rings. The van der Waals surface area contributed by atoms with Crippen molar-refractivity contribution in [1.29, 1.82) is 0 Å². The quantitative estimate of drug-likeness (QED) is 0.588. The van der Waals surface area contributed by atoms with Gasteiger partial charge in [0.15, 0.2) is 11.5 Å². The molecule has 0 aliphatic carbocycles. The van der Waals surface area contributed by atoms with Gasteiger partial charge in [0, 0.05) is 18.0 Å². The van der Waals surface area contributed by atoms with Crippen molar-refractivity contribution in [3.63, 3.8) is 0 Å². The van der Waals surface area contributed by atoms with E-state index in [1.165, 1.54) is 18.5 Å². The van der Waals surface area contributed by atoms with E-state index >= 15 is 0 Å². The molecule has 114 valence electrons. The van der Waals surface area contributed by atoms with Crippen LogP contribution in [0, 0.1) is 18.6 Å². The number of benzene rings is 1. The molecule has 4 aromatic rings. The highest BCUT2D eigenvalue weighted by Crippen LogP contribution is 2.26. The fraction of sp³-hybridized carbons (Fsp3) is 0.0625. The van der Waals surface area contributed by atoms with E-state index in [9.17, 15) is 13.6 Å². The Kier molecular flexibility index (Phi) is 2.77. The van der Waals surface area contributed by atoms with Crippen LogP contribution >= 0.6 is 0 Å². The number of nitrogens with zero attached hydrogens (tertiary/aromatic N) is 3. The summed E-state index contributed by atoms with van der Waals surface area (Å²) >= 11 is 0. The summed E-state index contributed by atoms with van der Waals surface area (Å²) in [5.74, 6) is -1.20. The number of nitrogens with one attached hydrogen (secondary N) is 1. The predicted molar refractivity (Wildman–Crippen MR) is 81.2 cm³/mol. The summed E-state index contributed by atoms with van der Waals surface area (Å²) in [5.41, 5.74) is 1.45. The Morgan fingerprint density at radius 1 is 1.09 bits per heavy atom. The molecule has 0 fully saturated rings. The first kappa shape index (κ1) is 13.6. The van der Waals surface area contributed by atoms with Gasteiger partial charge >= 0.3 is 0 Å². The first-order chi connectivity index (χ1) is 11.0. The van der Waals surface area contributed by atoms with Crippen LogP contribution < -0.4 is 5.56 Å². The molecule has 23 heavy (non-hydrogen) atoms. The molecule has 0 bridgehead atoms. The molecule has 0 radical (unpaired) electrons. The Bertz CT molecular complexity index is 1130. The SMILES string of the molecule is Cc1cn2cc(-c3cc(F)c4c(=O)[nH]cnc4c3)cc(F)c2n1. The number of imidazole rings is 1. The number of hydrogen-bond acceptors (Lipinski definition) is 3. The number of rotatable bonds is 1. The molecule has 1 N–H and O–H groups in total.